The standard InChI is InChI=1S/C16H13ClN4O5/c17-12-5-1-3-10(7-12)16(24)20-19-14(22)9-18-15(23)11-4-2-6-13(8-11)21(25)26/h1-8H,9H2,(H,18,23)(H,19,22)(H,20,24). The van der Waals surface area contributed by atoms with Crippen LogP contribution in [0.4, 0.5) is 5.69 Å². The van der Waals surface area contributed by atoms with E-state index >= 15 is 0 Å². The molecule has 9 nitrogen and oxygen atoms in total. The van der Waals surface area contributed by atoms with Gasteiger partial charge in [-0.3, -0.25) is 35.3 Å². The first kappa shape index (κ1) is 18.9. The molecule has 0 unspecified atom stereocenters. The number of carbonyl (C=O) groups excluding carboxylic acids is 3. The Morgan fingerprint density at radius 1 is 0.962 bits per heavy atom. The van der Waals surface area contributed by atoms with Crippen molar-refractivity contribution in [3.63, 3.8) is 0 Å². The average Bonchev–Trinajstić information content (AvgIpc) is 2.64. The maximum Gasteiger partial charge on any atom is 0.270 e. The molecule has 2 aromatic carbocycles. The van der Waals surface area contributed by atoms with Crippen molar-refractivity contribution >= 4 is 35.0 Å². The van der Waals surface area contributed by atoms with E-state index in [2.05, 4.69) is 16.2 Å². The summed E-state index contributed by atoms with van der Waals surface area (Å²) in [6, 6.07) is 11.2. The molecule has 0 atom stereocenters. The number of benzene rings is 2. The fourth-order valence-corrected chi connectivity index (χ4v) is 2.09. The Kier molecular flexibility index (Phi) is 6.23. The first-order valence-electron chi connectivity index (χ1n) is 7.24. The normalized spacial score (nSPS) is 9.88. The van der Waals surface area contributed by atoms with E-state index in [1.54, 1.807) is 12.1 Å². The van der Waals surface area contributed by atoms with E-state index in [9.17, 15) is 24.5 Å². The van der Waals surface area contributed by atoms with Crippen LogP contribution in [-0.2, 0) is 4.79 Å². The zero-order valence-corrected chi connectivity index (χ0v) is 13.9. The number of halogens is 1. The zero-order valence-electron chi connectivity index (χ0n) is 13.2. The molecule has 0 saturated carbocycles. The quantitative estimate of drug-likeness (QED) is 0.537. The molecule has 0 aliphatic carbocycles. The van der Waals surface area contributed by atoms with Gasteiger partial charge in [-0.05, 0) is 24.3 Å². The number of hydrogen-bond donors (Lipinski definition) is 3. The molecule has 3 amide bonds. The lowest BCUT2D eigenvalue weighted by Crippen LogP contribution is -2.46. The summed E-state index contributed by atoms with van der Waals surface area (Å²) in [5.41, 5.74) is 4.35. The molecule has 2 aromatic rings. The summed E-state index contributed by atoms with van der Waals surface area (Å²) >= 11 is 5.77. The molecule has 0 bridgehead atoms. The van der Waals surface area contributed by atoms with Gasteiger partial charge in [-0.25, -0.2) is 0 Å². The third-order valence-electron chi connectivity index (χ3n) is 3.13. The molecular formula is C16H13ClN4O5. The number of nitro benzene ring substituents is 1. The van der Waals surface area contributed by atoms with Crippen molar-refractivity contribution in [2.24, 2.45) is 0 Å². The van der Waals surface area contributed by atoms with Gasteiger partial charge in [-0.2, -0.15) is 0 Å². The first-order chi connectivity index (χ1) is 12.4. The summed E-state index contributed by atoms with van der Waals surface area (Å²) in [5.74, 6) is -1.92. The molecule has 10 heteroatoms. The minimum Gasteiger partial charge on any atom is -0.343 e. The van der Waals surface area contributed by atoms with Crippen LogP contribution < -0.4 is 16.2 Å². The highest BCUT2D eigenvalue weighted by Crippen LogP contribution is 2.12. The summed E-state index contributed by atoms with van der Waals surface area (Å²) < 4.78 is 0. The van der Waals surface area contributed by atoms with Gasteiger partial charge >= 0.3 is 0 Å². The van der Waals surface area contributed by atoms with Gasteiger partial charge in [-0.1, -0.05) is 23.7 Å². The summed E-state index contributed by atoms with van der Waals surface area (Å²) in [7, 11) is 0. The van der Waals surface area contributed by atoms with Gasteiger partial charge in [0, 0.05) is 28.3 Å². The van der Waals surface area contributed by atoms with Gasteiger partial charge in [0.1, 0.15) is 0 Å². The molecule has 0 aromatic heterocycles. The van der Waals surface area contributed by atoms with Crippen LogP contribution in [0, 0.1) is 10.1 Å². The smallest absolute Gasteiger partial charge is 0.270 e. The van der Waals surface area contributed by atoms with Crippen molar-refractivity contribution in [1.29, 1.82) is 0 Å². The second kappa shape index (κ2) is 8.58. The van der Waals surface area contributed by atoms with E-state index in [0.29, 0.717) is 5.02 Å². The molecule has 0 aliphatic rings. The Labute approximate surface area is 152 Å². The van der Waals surface area contributed by atoms with Crippen LogP contribution >= 0.6 is 11.6 Å². The number of nitro groups is 1. The van der Waals surface area contributed by atoms with Gasteiger partial charge in [0.2, 0.25) is 0 Å². The number of hydrogen-bond acceptors (Lipinski definition) is 5. The molecular weight excluding hydrogens is 364 g/mol. The van der Waals surface area contributed by atoms with Crippen molar-refractivity contribution in [1.82, 2.24) is 16.2 Å². The predicted octanol–water partition coefficient (Wildman–Crippen LogP) is 1.44. The van der Waals surface area contributed by atoms with Crippen LogP contribution in [0.15, 0.2) is 48.5 Å². The molecule has 0 spiro atoms. The molecule has 0 heterocycles. The number of hydrazine groups is 1. The number of amides is 3. The van der Waals surface area contributed by atoms with Crippen LogP contribution in [0.5, 0.6) is 0 Å². The highest BCUT2D eigenvalue weighted by molar-refractivity contribution is 6.30. The topological polar surface area (TPSA) is 130 Å². The van der Waals surface area contributed by atoms with Crippen molar-refractivity contribution in [3.05, 3.63) is 74.8 Å². The fourth-order valence-electron chi connectivity index (χ4n) is 1.90. The minimum atomic E-state index is -0.681. The average molecular weight is 377 g/mol. The number of nitrogens with zero attached hydrogens (tertiary/aromatic N) is 1. The third-order valence-corrected chi connectivity index (χ3v) is 3.37. The molecule has 134 valence electrons. The Balaban J connectivity index is 1.83. The second-order valence-corrected chi connectivity index (χ2v) is 5.44. The van der Waals surface area contributed by atoms with E-state index in [-0.39, 0.29) is 16.8 Å². The van der Waals surface area contributed by atoms with Crippen LogP contribution in [0.3, 0.4) is 0 Å². The maximum atomic E-state index is 11.9. The molecule has 0 saturated heterocycles. The lowest BCUT2D eigenvalue weighted by molar-refractivity contribution is -0.384. The molecule has 3 N–H and O–H groups in total. The fraction of sp³-hybridized carbons (Fsp3) is 0.0625. The summed E-state index contributed by atoms with van der Waals surface area (Å²) in [6.45, 7) is -0.433. The lowest BCUT2D eigenvalue weighted by atomic mass is 10.2. The van der Waals surface area contributed by atoms with Crippen molar-refractivity contribution in [2.45, 2.75) is 0 Å². The van der Waals surface area contributed by atoms with Crippen LogP contribution in [-0.4, -0.2) is 29.2 Å². The van der Waals surface area contributed by atoms with E-state index in [4.69, 9.17) is 11.6 Å². The predicted molar refractivity (Wildman–Crippen MR) is 92.5 cm³/mol. The number of non-ortho nitro benzene ring substituents is 1. The molecule has 2 rings (SSSR count). The number of nitrogens with one attached hydrogen (secondary N) is 3. The van der Waals surface area contributed by atoms with Crippen LogP contribution in [0.25, 0.3) is 0 Å². The first-order valence-corrected chi connectivity index (χ1v) is 7.62. The van der Waals surface area contributed by atoms with Crippen LogP contribution in [0.1, 0.15) is 20.7 Å². The summed E-state index contributed by atoms with van der Waals surface area (Å²) in [5, 5.41) is 13.4. The third kappa shape index (κ3) is 5.28. The molecule has 0 fully saturated rings. The van der Waals surface area contributed by atoms with E-state index in [1.807, 2.05) is 0 Å². The SMILES string of the molecule is O=C(CNC(=O)c1cccc([N+](=O)[O-])c1)NNC(=O)c1cccc(Cl)c1. The van der Waals surface area contributed by atoms with E-state index in [1.165, 1.54) is 30.3 Å². The Bertz CT molecular complexity index is 871. The van der Waals surface area contributed by atoms with Crippen molar-refractivity contribution < 1.29 is 19.3 Å². The van der Waals surface area contributed by atoms with Gasteiger partial charge in [0.15, 0.2) is 0 Å². The number of carbonyl (C=O) groups is 3. The Hall–Kier alpha value is -3.46. The van der Waals surface area contributed by atoms with E-state index in [0.717, 1.165) is 6.07 Å². The second-order valence-electron chi connectivity index (χ2n) is 5.00. The molecule has 0 aliphatic heterocycles. The van der Waals surface area contributed by atoms with Crippen molar-refractivity contribution in [2.75, 3.05) is 6.54 Å². The number of rotatable bonds is 5. The summed E-state index contributed by atoms with van der Waals surface area (Å²) in [6.07, 6.45) is 0. The monoisotopic (exact) mass is 376 g/mol. The molecule has 0 radical (unpaired) electrons. The largest absolute Gasteiger partial charge is 0.343 e. The van der Waals surface area contributed by atoms with Crippen LogP contribution in [0.2, 0.25) is 5.02 Å². The van der Waals surface area contributed by atoms with Crippen molar-refractivity contribution in [3.8, 4) is 0 Å². The van der Waals surface area contributed by atoms with Gasteiger partial charge in [-0.15, -0.1) is 0 Å². The molecule has 26 heavy (non-hydrogen) atoms. The minimum absolute atomic E-state index is 0.0370. The highest BCUT2D eigenvalue weighted by Gasteiger charge is 2.13. The highest BCUT2D eigenvalue weighted by atomic mass is 35.5. The Morgan fingerprint density at radius 3 is 2.27 bits per heavy atom. The maximum absolute atomic E-state index is 11.9. The van der Waals surface area contributed by atoms with Gasteiger partial charge in [0.25, 0.3) is 23.4 Å². The zero-order chi connectivity index (χ0) is 19.1. The Morgan fingerprint density at radius 2 is 1.62 bits per heavy atom. The summed E-state index contributed by atoms with van der Waals surface area (Å²) in [4.78, 5) is 45.5. The lowest BCUT2D eigenvalue weighted by Gasteiger charge is -2.08. The van der Waals surface area contributed by atoms with E-state index < -0.39 is 29.2 Å². The van der Waals surface area contributed by atoms with Gasteiger partial charge < -0.3 is 5.32 Å². The van der Waals surface area contributed by atoms with Gasteiger partial charge in [0.05, 0.1) is 11.5 Å².